The Balaban J connectivity index is 2.04. The van der Waals surface area contributed by atoms with E-state index in [1.165, 1.54) is 0 Å². The average molecular weight is 250 g/mol. The van der Waals surface area contributed by atoms with Crippen molar-refractivity contribution in [2.45, 2.75) is 38.8 Å². The summed E-state index contributed by atoms with van der Waals surface area (Å²) in [6.07, 6.45) is 2.23. The van der Waals surface area contributed by atoms with Crippen LogP contribution in [0, 0.1) is 0 Å². The van der Waals surface area contributed by atoms with Gasteiger partial charge in [-0.1, -0.05) is 0 Å². The van der Waals surface area contributed by atoms with Crippen molar-refractivity contribution in [3.8, 4) is 5.75 Å². The Morgan fingerprint density at radius 2 is 2.00 bits per heavy atom. The van der Waals surface area contributed by atoms with Gasteiger partial charge in [-0.2, -0.15) is 0 Å². The van der Waals surface area contributed by atoms with Crippen LogP contribution in [0.25, 0.3) is 0 Å². The molecule has 0 saturated carbocycles. The average Bonchev–Trinajstić information content (AvgIpc) is 2.28. The van der Waals surface area contributed by atoms with E-state index in [1.807, 2.05) is 32.0 Å². The molecule has 2 rings (SSSR count). The highest BCUT2D eigenvalue weighted by Crippen LogP contribution is 2.25. The van der Waals surface area contributed by atoms with Gasteiger partial charge in [-0.05, 0) is 32.8 Å². The second kappa shape index (κ2) is 5.96. The van der Waals surface area contributed by atoms with Crippen molar-refractivity contribution in [2.75, 3.05) is 24.3 Å². The Morgan fingerprint density at radius 1 is 1.28 bits per heavy atom. The molecule has 1 fully saturated rings. The van der Waals surface area contributed by atoms with Crippen LogP contribution in [0.3, 0.4) is 0 Å². The molecular weight excluding hydrogens is 228 g/mol. The van der Waals surface area contributed by atoms with Gasteiger partial charge < -0.3 is 20.5 Å². The molecule has 0 aliphatic carbocycles. The summed E-state index contributed by atoms with van der Waals surface area (Å²) in [4.78, 5) is 0. The zero-order chi connectivity index (χ0) is 13.0. The number of hydrogen-bond acceptors (Lipinski definition) is 4. The van der Waals surface area contributed by atoms with Gasteiger partial charge in [0.25, 0.3) is 0 Å². The zero-order valence-electron chi connectivity index (χ0n) is 11.1. The SMILES string of the molecule is CC(C)Oc1cc(N)cc(NC2CCOCC2)c1. The molecule has 0 bridgehead atoms. The van der Waals surface area contributed by atoms with Gasteiger partial charge in [-0.25, -0.2) is 0 Å². The van der Waals surface area contributed by atoms with Crippen molar-refractivity contribution in [3.63, 3.8) is 0 Å². The molecule has 1 aliphatic heterocycles. The van der Waals surface area contributed by atoms with Gasteiger partial charge in [-0.3, -0.25) is 0 Å². The number of anilines is 2. The maximum absolute atomic E-state index is 5.90. The van der Waals surface area contributed by atoms with Crippen molar-refractivity contribution < 1.29 is 9.47 Å². The zero-order valence-corrected chi connectivity index (χ0v) is 11.1. The van der Waals surface area contributed by atoms with E-state index in [9.17, 15) is 0 Å². The summed E-state index contributed by atoms with van der Waals surface area (Å²) < 4.78 is 11.0. The van der Waals surface area contributed by atoms with E-state index in [0.717, 1.165) is 43.2 Å². The van der Waals surface area contributed by atoms with Gasteiger partial charge in [0.05, 0.1) is 6.10 Å². The number of rotatable bonds is 4. The summed E-state index contributed by atoms with van der Waals surface area (Å²) in [6.45, 7) is 5.67. The molecule has 4 heteroatoms. The third-order valence-electron chi connectivity index (χ3n) is 2.89. The molecule has 18 heavy (non-hydrogen) atoms. The van der Waals surface area contributed by atoms with Crippen molar-refractivity contribution in [2.24, 2.45) is 0 Å². The minimum Gasteiger partial charge on any atom is -0.491 e. The van der Waals surface area contributed by atoms with Crippen LogP contribution >= 0.6 is 0 Å². The van der Waals surface area contributed by atoms with Crippen molar-refractivity contribution >= 4 is 11.4 Å². The number of ether oxygens (including phenoxy) is 2. The molecule has 1 saturated heterocycles. The summed E-state index contributed by atoms with van der Waals surface area (Å²) in [5.74, 6) is 0.819. The molecule has 0 unspecified atom stereocenters. The Morgan fingerprint density at radius 3 is 2.67 bits per heavy atom. The molecule has 100 valence electrons. The van der Waals surface area contributed by atoms with Crippen LogP contribution < -0.4 is 15.8 Å². The van der Waals surface area contributed by atoms with Gasteiger partial charge in [0.2, 0.25) is 0 Å². The fourth-order valence-corrected chi connectivity index (χ4v) is 2.12. The van der Waals surface area contributed by atoms with Crippen molar-refractivity contribution in [1.29, 1.82) is 0 Å². The molecule has 0 aromatic heterocycles. The minimum absolute atomic E-state index is 0.155. The van der Waals surface area contributed by atoms with Crippen LogP contribution in [0.2, 0.25) is 0 Å². The lowest BCUT2D eigenvalue weighted by Crippen LogP contribution is -2.27. The Labute approximate surface area is 108 Å². The summed E-state index contributed by atoms with van der Waals surface area (Å²) in [5, 5.41) is 3.50. The molecule has 0 radical (unpaired) electrons. The lowest BCUT2D eigenvalue weighted by Gasteiger charge is -2.24. The lowest BCUT2D eigenvalue weighted by molar-refractivity contribution is 0.0904. The second-order valence-electron chi connectivity index (χ2n) is 4.99. The van der Waals surface area contributed by atoms with E-state index in [4.69, 9.17) is 15.2 Å². The summed E-state index contributed by atoms with van der Waals surface area (Å²) in [5.41, 5.74) is 7.65. The molecule has 0 spiro atoms. The first kappa shape index (κ1) is 13.0. The third kappa shape index (κ3) is 3.81. The summed E-state index contributed by atoms with van der Waals surface area (Å²) in [7, 11) is 0. The molecule has 1 aliphatic rings. The number of benzene rings is 1. The Kier molecular flexibility index (Phi) is 4.31. The highest BCUT2D eigenvalue weighted by Gasteiger charge is 2.14. The van der Waals surface area contributed by atoms with Crippen LogP contribution in [0.1, 0.15) is 26.7 Å². The first-order valence-corrected chi connectivity index (χ1v) is 6.55. The first-order valence-electron chi connectivity index (χ1n) is 6.55. The molecule has 1 aromatic carbocycles. The van der Waals surface area contributed by atoms with Crippen LogP contribution in [0.15, 0.2) is 18.2 Å². The monoisotopic (exact) mass is 250 g/mol. The van der Waals surface area contributed by atoms with E-state index >= 15 is 0 Å². The maximum atomic E-state index is 5.90. The van der Waals surface area contributed by atoms with E-state index in [1.54, 1.807) is 0 Å². The van der Waals surface area contributed by atoms with Crippen LogP contribution in [0.4, 0.5) is 11.4 Å². The fraction of sp³-hybridized carbons (Fsp3) is 0.571. The van der Waals surface area contributed by atoms with Crippen molar-refractivity contribution in [1.82, 2.24) is 0 Å². The Hall–Kier alpha value is -1.42. The van der Waals surface area contributed by atoms with Gasteiger partial charge in [0.15, 0.2) is 0 Å². The molecule has 0 atom stereocenters. The van der Waals surface area contributed by atoms with Gasteiger partial charge in [0, 0.05) is 42.8 Å². The van der Waals surface area contributed by atoms with Crippen LogP contribution in [0.5, 0.6) is 5.75 Å². The summed E-state index contributed by atoms with van der Waals surface area (Å²) in [6, 6.07) is 6.27. The molecular formula is C14H22N2O2. The second-order valence-corrected chi connectivity index (χ2v) is 4.99. The quantitative estimate of drug-likeness (QED) is 0.807. The smallest absolute Gasteiger partial charge is 0.123 e. The minimum atomic E-state index is 0.155. The van der Waals surface area contributed by atoms with E-state index in [2.05, 4.69) is 5.32 Å². The highest BCUT2D eigenvalue weighted by molar-refractivity contribution is 5.59. The highest BCUT2D eigenvalue weighted by atomic mass is 16.5. The normalized spacial score (nSPS) is 16.8. The maximum Gasteiger partial charge on any atom is 0.123 e. The van der Waals surface area contributed by atoms with Gasteiger partial charge in [-0.15, -0.1) is 0 Å². The van der Waals surface area contributed by atoms with Crippen molar-refractivity contribution in [3.05, 3.63) is 18.2 Å². The number of nitrogen functional groups attached to an aromatic ring is 1. The number of hydrogen-bond donors (Lipinski definition) is 2. The van der Waals surface area contributed by atoms with Gasteiger partial charge >= 0.3 is 0 Å². The predicted octanol–water partition coefficient (Wildman–Crippen LogP) is 2.65. The van der Waals surface area contributed by atoms with E-state index < -0.39 is 0 Å². The van der Waals surface area contributed by atoms with Crippen LogP contribution in [-0.4, -0.2) is 25.4 Å². The molecule has 0 amide bonds. The standard InChI is InChI=1S/C14H22N2O2/c1-10(2)18-14-8-11(15)7-13(9-14)16-12-3-5-17-6-4-12/h7-10,12,16H,3-6,15H2,1-2H3. The van der Waals surface area contributed by atoms with Crippen LogP contribution in [-0.2, 0) is 4.74 Å². The lowest BCUT2D eigenvalue weighted by atomic mass is 10.1. The molecule has 1 heterocycles. The number of nitrogens with one attached hydrogen (secondary N) is 1. The summed E-state index contributed by atoms with van der Waals surface area (Å²) >= 11 is 0. The first-order chi connectivity index (χ1) is 8.63. The topological polar surface area (TPSA) is 56.5 Å². The largest absolute Gasteiger partial charge is 0.491 e. The molecule has 3 N–H and O–H groups in total. The fourth-order valence-electron chi connectivity index (χ4n) is 2.12. The van der Waals surface area contributed by atoms with Gasteiger partial charge in [0.1, 0.15) is 5.75 Å². The predicted molar refractivity (Wildman–Crippen MR) is 74.1 cm³/mol. The molecule has 1 aromatic rings. The van der Waals surface area contributed by atoms with E-state index in [0.29, 0.717) is 6.04 Å². The third-order valence-corrected chi connectivity index (χ3v) is 2.89. The Bertz CT molecular complexity index is 387. The molecule has 4 nitrogen and oxygen atoms in total. The number of nitrogens with two attached hydrogens (primary N) is 1. The van der Waals surface area contributed by atoms with E-state index in [-0.39, 0.29) is 6.10 Å².